The molecular formula is C19H23N5O4S. The molecule has 0 bridgehead atoms. The number of hydrogen-bond acceptors (Lipinski definition) is 7. The number of para-hydroxylation sites is 1. The van der Waals surface area contributed by atoms with Gasteiger partial charge < -0.3 is 15.0 Å². The minimum atomic E-state index is -1.33. The molecule has 4 rings (SSSR count). The molecule has 3 aliphatic rings. The molecule has 29 heavy (non-hydrogen) atoms. The summed E-state index contributed by atoms with van der Waals surface area (Å²) < 4.78 is 5.39. The smallest absolute Gasteiger partial charge is 0.270 e. The van der Waals surface area contributed by atoms with Crippen molar-refractivity contribution in [2.45, 2.75) is 18.7 Å². The van der Waals surface area contributed by atoms with Gasteiger partial charge in [-0.25, -0.2) is 0 Å². The van der Waals surface area contributed by atoms with Gasteiger partial charge >= 0.3 is 0 Å². The van der Waals surface area contributed by atoms with Gasteiger partial charge in [-0.2, -0.15) is 5.01 Å². The van der Waals surface area contributed by atoms with Crippen LogP contribution < -0.4 is 10.2 Å². The highest BCUT2D eigenvalue weighted by atomic mass is 32.2. The Morgan fingerprint density at radius 2 is 1.93 bits per heavy atom. The third-order valence-electron chi connectivity index (χ3n) is 5.15. The molecule has 1 atom stereocenters. The maximum Gasteiger partial charge on any atom is 0.270 e. The van der Waals surface area contributed by atoms with Gasteiger partial charge in [-0.1, -0.05) is 18.2 Å². The Labute approximate surface area is 173 Å². The largest absolute Gasteiger partial charge is 0.379 e. The van der Waals surface area contributed by atoms with Gasteiger partial charge in [-0.3, -0.25) is 19.3 Å². The van der Waals surface area contributed by atoms with Crippen LogP contribution in [0.3, 0.4) is 0 Å². The Kier molecular flexibility index (Phi) is 5.32. The number of amides is 3. The highest BCUT2D eigenvalue weighted by Crippen LogP contribution is 2.54. The Balaban J connectivity index is 1.66. The van der Waals surface area contributed by atoms with E-state index < -0.39 is 4.87 Å². The number of nitrogens with zero attached hydrogens (tertiary/aromatic N) is 4. The quantitative estimate of drug-likeness (QED) is 0.771. The van der Waals surface area contributed by atoms with Crippen LogP contribution in [0.4, 0.5) is 5.69 Å². The van der Waals surface area contributed by atoms with E-state index in [1.807, 2.05) is 24.3 Å². The number of carbonyl (C=O) groups excluding carboxylic acids is 3. The molecule has 1 N–H and O–H groups in total. The second-order valence-electron chi connectivity index (χ2n) is 7.09. The van der Waals surface area contributed by atoms with E-state index in [1.54, 1.807) is 4.90 Å². The summed E-state index contributed by atoms with van der Waals surface area (Å²) in [7, 11) is 0. The van der Waals surface area contributed by atoms with Crippen molar-refractivity contribution in [2.24, 2.45) is 5.10 Å². The van der Waals surface area contributed by atoms with E-state index in [9.17, 15) is 14.4 Å². The van der Waals surface area contributed by atoms with Crippen LogP contribution in [0.2, 0.25) is 0 Å². The number of benzene rings is 1. The van der Waals surface area contributed by atoms with E-state index in [0.717, 1.165) is 30.5 Å². The molecule has 3 aliphatic heterocycles. The molecular weight excluding hydrogens is 394 g/mol. The fourth-order valence-electron chi connectivity index (χ4n) is 3.85. The van der Waals surface area contributed by atoms with Gasteiger partial charge in [0.15, 0.2) is 5.17 Å². The lowest BCUT2D eigenvalue weighted by molar-refractivity contribution is -0.139. The number of anilines is 1. The second-order valence-corrected chi connectivity index (χ2v) is 8.27. The highest BCUT2D eigenvalue weighted by molar-refractivity contribution is 8.15. The van der Waals surface area contributed by atoms with E-state index >= 15 is 0 Å². The number of thioether (sulfide) groups is 1. The lowest BCUT2D eigenvalue weighted by atomic mass is 10.1. The summed E-state index contributed by atoms with van der Waals surface area (Å²) in [6, 6.07) is 7.45. The van der Waals surface area contributed by atoms with Crippen LogP contribution in [0.15, 0.2) is 29.4 Å². The van der Waals surface area contributed by atoms with Crippen molar-refractivity contribution in [3.05, 3.63) is 29.8 Å². The lowest BCUT2D eigenvalue weighted by Gasteiger charge is -2.31. The minimum Gasteiger partial charge on any atom is -0.379 e. The lowest BCUT2D eigenvalue weighted by Crippen LogP contribution is -2.50. The van der Waals surface area contributed by atoms with Gasteiger partial charge in [0.05, 0.1) is 18.9 Å². The number of morpholine rings is 1. The summed E-state index contributed by atoms with van der Waals surface area (Å²) in [5.41, 5.74) is 1.47. The molecule has 0 radical (unpaired) electrons. The van der Waals surface area contributed by atoms with Crippen molar-refractivity contribution in [3.8, 4) is 0 Å². The zero-order valence-corrected chi connectivity index (χ0v) is 17.2. The number of fused-ring (bicyclic) bond motifs is 2. The van der Waals surface area contributed by atoms with Crippen LogP contribution in [0.25, 0.3) is 0 Å². The Morgan fingerprint density at radius 3 is 2.62 bits per heavy atom. The van der Waals surface area contributed by atoms with E-state index in [0.29, 0.717) is 31.9 Å². The Hall–Kier alpha value is -2.43. The molecule has 3 heterocycles. The van der Waals surface area contributed by atoms with Gasteiger partial charge in [-0.05, 0) is 17.8 Å². The third-order valence-corrected chi connectivity index (χ3v) is 6.39. The molecule has 154 valence electrons. The molecule has 10 heteroatoms. The molecule has 1 saturated heterocycles. The van der Waals surface area contributed by atoms with Gasteiger partial charge in [0.2, 0.25) is 16.7 Å². The second kappa shape index (κ2) is 7.77. The Bertz CT molecular complexity index is 885. The van der Waals surface area contributed by atoms with E-state index in [4.69, 9.17) is 4.74 Å². The van der Waals surface area contributed by atoms with Crippen LogP contribution >= 0.6 is 11.8 Å². The van der Waals surface area contributed by atoms with E-state index in [1.165, 1.54) is 18.9 Å². The number of ether oxygens (including phenoxy) is 1. The topological polar surface area (TPSA) is 94.5 Å². The molecule has 9 nitrogen and oxygen atoms in total. The number of rotatable bonds is 3. The van der Waals surface area contributed by atoms with Crippen LogP contribution in [-0.4, -0.2) is 72.2 Å². The SMILES string of the molecule is CC(=O)NC1=NN(C(C)=O)C2(S1)C(=O)N(CCN1CCOCC1)c1ccccc12. The van der Waals surface area contributed by atoms with Crippen molar-refractivity contribution < 1.29 is 19.1 Å². The molecule has 0 saturated carbocycles. The summed E-state index contributed by atoms with van der Waals surface area (Å²) >= 11 is 1.10. The first-order valence-electron chi connectivity index (χ1n) is 9.51. The van der Waals surface area contributed by atoms with Crippen molar-refractivity contribution in [2.75, 3.05) is 44.3 Å². The maximum absolute atomic E-state index is 13.7. The molecule has 1 aromatic rings. The highest BCUT2D eigenvalue weighted by Gasteiger charge is 2.60. The van der Waals surface area contributed by atoms with Gasteiger partial charge in [0, 0.05) is 45.6 Å². The molecule has 0 aromatic heterocycles. The fourth-order valence-corrected chi connectivity index (χ4v) is 5.19. The predicted octanol–water partition coefficient (Wildman–Crippen LogP) is 0.521. The molecule has 3 amide bonds. The zero-order chi connectivity index (χ0) is 20.6. The summed E-state index contributed by atoms with van der Waals surface area (Å²) in [5, 5.41) is 8.30. The molecule has 1 unspecified atom stereocenters. The van der Waals surface area contributed by atoms with Gasteiger partial charge in [0.1, 0.15) is 0 Å². The third kappa shape index (κ3) is 3.41. The molecule has 1 aromatic carbocycles. The number of hydrazone groups is 1. The monoisotopic (exact) mass is 417 g/mol. The van der Waals surface area contributed by atoms with E-state index in [-0.39, 0.29) is 22.9 Å². The average Bonchev–Trinajstić information content (AvgIpc) is 3.18. The first kappa shape index (κ1) is 19.9. The maximum atomic E-state index is 13.7. The molecule has 1 spiro atoms. The van der Waals surface area contributed by atoms with Crippen molar-refractivity contribution >= 4 is 40.3 Å². The Morgan fingerprint density at radius 1 is 1.21 bits per heavy atom. The van der Waals surface area contributed by atoms with E-state index in [2.05, 4.69) is 15.3 Å². The molecule has 0 aliphatic carbocycles. The first-order chi connectivity index (χ1) is 13.9. The summed E-state index contributed by atoms with van der Waals surface area (Å²) in [6.07, 6.45) is 0. The molecule has 1 fully saturated rings. The normalized spacial score (nSPS) is 24.1. The van der Waals surface area contributed by atoms with Crippen molar-refractivity contribution in [1.29, 1.82) is 0 Å². The standard InChI is InChI=1S/C19H23N5O4S/c1-13(25)20-18-21-24(14(2)26)19(29-18)15-5-3-4-6-16(15)23(17(19)27)8-7-22-9-11-28-12-10-22/h3-6H,7-12H2,1-2H3,(H,20,21,25). The van der Waals surface area contributed by atoms with Crippen molar-refractivity contribution in [3.63, 3.8) is 0 Å². The summed E-state index contributed by atoms with van der Waals surface area (Å²) in [6.45, 7) is 6.99. The average molecular weight is 417 g/mol. The predicted molar refractivity (Wildman–Crippen MR) is 109 cm³/mol. The summed E-state index contributed by atoms with van der Waals surface area (Å²) in [4.78, 5) is 40.3. The number of nitrogens with one attached hydrogen (secondary N) is 1. The zero-order valence-electron chi connectivity index (χ0n) is 16.4. The van der Waals surface area contributed by atoms with Crippen LogP contribution in [-0.2, 0) is 24.0 Å². The van der Waals surface area contributed by atoms with Crippen LogP contribution in [0.5, 0.6) is 0 Å². The van der Waals surface area contributed by atoms with Gasteiger partial charge in [0.25, 0.3) is 5.91 Å². The number of carbonyl (C=O) groups is 3. The minimum absolute atomic E-state index is 0.226. The number of hydrogen-bond donors (Lipinski definition) is 1. The van der Waals surface area contributed by atoms with Crippen LogP contribution in [0, 0.1) is 0 Å². The number of amidine groups is 1. The van der Waals surface area contributed by atoms with Crippen LogP contribution in [0.1, 0.15) is 19.4 Å². The summed E-state index contributed by atoms with van der Waals surface area (Å²) in [5.74, 6) is -0.896. The van der Waals surface area contributed by atoms with Crippen molar-refractivity contribution in [1.82, 2.24) is 15.2 Å². The fraction of sp³-hybridized carbons (Fsp3) is 0.474. The first-order valence-corrected chi connectivity index (χ1v) is 10.3. The van der Waals surface area contributed by atoms with Gasteiger partial charge in [-0.15, -0.1) is 5.10 Å².